The fourth-order valence-electron chi connectivity index (χ4n) is 0.0357. The van der Waals surface area contributed by atoms with E-state index < -0.39 is 0 Å². The zero-order valence-corrected chi connectivity index (χ0v) is 6.34. The Morgan fingerprint density at radius 1 is 1.50 bits per heavy atom. The highest BCUT2D eigenvalue weighted by Gasteiger charge is 1.68. The van der Waals surface area contributed by atoms with Gasteiger partial charge in [0, 0.05) is 28.0 Å². The molecule has 0 aromatic heterocycles. The van der Waals surface area contributed by atoms with Gasteiger partial charge in [-0.1, -0.05) is 15.9 Å². The molecule has 0 rings (SSSR count). The summed E-state index contributed by atoms with van der Waals surface area (Å²) in [7, 11) is 0. The van der Waals surface area contributed by atoms with Crippen LogP contribution in [-0.4, -0.2) is 17.4 Å². The first-order valence-electron chi connectivity index (χ1n) is 1.31. The molecule has 0 radical (unpaired) electrons. The van der Waals surface area contributed by atoms with Gasteiger partial charge in [0.15, 0.2) is 0 Å². The standard InChI is InChI=1S/C2H5Br2N.H2O/c3-1-2-5-4;/h5H,1-2H2;1H2. The molecule has 0 aliphatic heterocycles. The molecule has 4 heteroatoms. The predicted molar refractivity (Wildman–Crippen MR) is 34.3 cm³/mol. The maximum absolute atomic E-state index is 3.22. The van der Waals surface area contributed by atoms with E-state index in [2.05, 4.69) is 36.4 Å². The van der Waals surface area contributed by atoms with Crippen molar-refractivity contribution in [2.75, 3.05) is 11.9 Å². The molecule has 40 valence electrons. The first kappa shape index (κ1) is 9.99. The van der Waals surface area contributed by atoms with E-state index in [1.807, 2.05) is 0 Å². The van der Waals surface area contributed by atoms with Crippen molar-refractivity contribution in [3.8, 4) is 0 Å². The van der Waals surface area contributed by atoms with Gasteiger partial charge in [-0.15, -0.1) is 0 Å². The molecule has 0 amide bonds. The third-order valence-electron chi connectivity index (χ3n) is 0.189. The fourth-order valence-corrected chi connectivity index (χ4v) is 0.964. The van der Waals surface area contributed by atoms with Crippen LogP contribution in [-0.2, 0) is 0 Å². The predicted octanol–water partition coefficient (Wildman–Crippen LogP) is 0.456. The van der Waals surface area contributed by atoms with Gasteiger partial charge in [-0.05, 0) is 0 Å². The van der Waals surface area contributed by atoms with Crippen molar-refractivity contribution < 1.29 is 5.48 Å². The third kappa shape index (κ3) is 8.86. The van der Waals surface area contributed by atoms with E-state index in [0.717, 1.165) is 11.9 Å². The highest BCUT2D eigenvalue weighted by atomic mass is 79.9. The minimum absolute atomic E-state index is 0. The molecule has 0 heterocycles. The van der Waals surface area contributed by atoms with Gasteiger partial charge < -0.3 is 5.48 Å². The summed E-state index contributed by atoms with van der Waals surface area (Å²) in [6.45, 7) is 0.972. The molecule has 0 aliphatic carbocycles. The van der Waals surface area contributed by atoms with Gasteiger partial charge in [0.1, 0.15) is 0 Å². The van der Waals surface area contributed by atoms with E-state index in [1.165, 1.54) is 0 Å². The molecular weight excluding hydrogens is 214 g/mol. The average Bonchev–Trinajstić information content (AvgIpc) is 1.41. The normalized spacial score (nSPS) is 7.00. The summed E-state index contributed by atoms with van der Waals surface area (Å²) in [6, 6.07) is 0. The van der Waals surface area contributed by atoms with Crippen molar-refractivity contribution in [2.45, 2.75) is 0 Å². The van der Waals surface area contributed by atoms with Crippen LogP contribution in [0.5, 0.6) is 0 Å². The van der Waals surface area contributed by atoms with Crippen molar-refractivity contribution in [1.82, 2.24) is 4.34 Å². The Balaban J connectivity index is 0. The molecule has 0 atom stereocenters. The number of nitrogens with one attached hydrogen (secondary N) is 1. The van der Waals surface area contributed by atoms with Crippen LogP contribution in [0.4, 0.5) is 0 Å². The van der Waals surface area contributed by atoms with Crippen molar-refractivity contribution in [2.24, 2.45) is 0 Å². The molecule has 0 aromatic carbocycles. The lowest BCUT2D eigenvalue weighted by molar-refractivity contribution is 0.824. The van der Waals surface area contributed by atoms with Crippen LogP contribution in [0, 0.1) is 0 Å². The molecule has 0 spiro atoms. The van der Waals surface area contributed by atoms with E-state index in [4.69, 9.17) is 0 Å². The second-order valence-corrected chi connectivity index (χ2v) is 1.93. The molecule has 0 unspecified atom stereocenters. The van der Waals surface area contributed by atoms with Gasteiger partial charge in [-0.2, -0.15) is 0 Å². The fraction of sp³-hybridized carbons (Fsp3) is 1.00. The molecular formula is C2H7Br2NO. The second-order valence-electron chi connectivity index (χ2n) is 0.573. The number of halogens is 2. The first-order chi connectivity index (χ1) is 2.41. The van der Waals surface area contributed by atoms with Crippen molar-refractivity contribution >= 4 is 32.1 Å². The van der Waals surface area contributed by atoms with Gasteiger partial charge in [0.05, 0.1) is 0 Å². The van der Waals surface area contributed by atoms with E-state index in [1.54, 1.807) is 0 Å². The van der Waals surface area contributed by atoms with E-state index in [0.29, 0.717) is 0 Å². The highest BCUT2D eigenvalue weighted by Crippen LogP contribution is 1.75. The van der Waals surface area contributed by atoms with Crippen LogP contribution in [0.1, 0.15) is 0 Å². The topological polar surface area (TPSA) is 43.5 Å². The lowest BCUT2D eigenvalue weighted by Crippen LogP contribution is -1.99. The van der Waals surface area contributed by atoms with Crippen molar-refractivity contribution in [1.29, 1.82) is 0 Å². The summed E-state index contributed by atoms with van der Waals surface area (Å²) in [5.74, 6) is 0. The summed E-state index contributed by atoms with van der Waals surface area (Å²) in [4.78, 5) is 0. The average molecular weight is 221 g/mol. The molecule has 3 N–H and O–H groups in total. The number of hydrogen-bond acceptors (Lipinski definition) is 1. The van der Waals surface area contributed by atoms with Gasteiger partial charge in [-0.25, -0.2) is 0 Å². The van der Waals surface area contributed by atoms with Crippen LogP contribution in [0.3, 0.4) is 0 Å². The van der Waals surface area contributed by atoms with E-state index in [9.17, 15) is 0 Å². The van der Waals surface area contributed by atoms with E-state index >= 15 is 0 Å². The summed E-state index contributed by atoms with van der Waals surface area (Å²) in [5, 5.41) is 0.998. The summed E-state index contributed by atoms with van der Waals surface area (Å²) in [6.07, 6.45) is 0. The Kier molecular flexibility index (Phi) is 15.5. The minimum atomic E-state index is 0. The van der Waals surface area contributed by atoms with Crippen LogP contribution in [0.15, 0.2) is 0 Å². The van der Waals surface area contributed by atoms with Crippen LogP contribution in [0.2, 0.25) is 0 Å². The van der Waals surface area contributed by atoms with E-state index in [-0.39, 0.29) is 5.48 Å². The number of alkyl halides is 1. The Bertz CT molecular complexity index is 19.0. The Labute approximate surface area is 54.1 Å². The molecule has 2 nitrogen and oxygen atoms in total. The van der Waals surface area contributed by atoms with Gasteiger partial charge >= 0.3 is 0 Å². The maximum atomic E-state index is 3.22. The summed E-state index contributed by atoms with van der Waals surface area (Å²) >= 11 is 6.25. The Hall–Kier alpha value is 0.880. The summed E-state index contributed by atoms with van der Waals surface area (Å²) < 4.78 is 2.78. The quantitative estimate of drug-likeness (QED) is 0.534. The second kappa shape index (κ2) is 9.30. The largest absolute Gasteiger partial charge is 0.412 e. The SMILES string of the molecule is BrCCNBr.O. The zero-order chi connectivity index (χ0) is 4.12. The highest BCUT2D eigenvalue weighted by molar-refractivity contribution is 9.09. The monoisotopic (exact) mass is 219 g/mol. The molecule has 0 aliphatic rings. The third-order valence-corrected chi connectivity index (χ3v) is 0.982. The smallest absolute Gasteiger partial charge is 0.0166 e. The van der Waals surface area contributed by atoms with Gasteiger partial charge in [0.25, 0.3) is 0 Å². The molecule has 6 heavy (non-hydrogen) atoms. The molecule has 0 saturated carbocycles. The van der Waals surface area contributed by atoms with Crippen molar-refractivity contribution in [3.63, 3.8) is 0 Å². The van der Waals surface area contributed by atoms with Crippen LogP contribution >= 0.6 is 32.1 Å². The number of hydrogen-bond donors (Lipinski definition) is 1. The minimum Gasteiger partial charge on any atom is -0.412 e. The lowest BCUT2D eigenvalue weighted by atomic mass is 10.8. The van der Waals surface area contributed by atoms with Crippen LogP contribution in [0.25, 0.3) is 0 Å². The molecule has 0 aromatic rings. The lowest BCUT2D eigenvalue weighted by Gasteiger charge is -1.80. The Morgan fingerprint density at radius 2 is 2.00 bits per heavy atom. The Morgan fingerprint density at radius 3 is 2.00 bits per heavy atom. The zero-order valence-electron chi connectivity index (χ0n) is 3.17. The van der Waals surface area contributed by atoms with Crippen molar-refractivity contribution in [3.05, 3.63) is 0 Å². The summed E-state index contributed by atoms with van der Waals surface area (Å²) in [5.41, 5.74) is 0. The van der Waals surface area contributed by atoms with Crippen LogP contribution < -0.4 is 4.34 Å². The molecule has 0 bridgehead atoms. The number of rotatable bonds is 2. The first-order valence-corrected chi connectivity index (χ1v) is 3.22. The maximum Gasteiger partial charge on any atom is 0.0166 e. The van der Waals surface area contributed by atoms with Gasteiger partial charge in [0.2, 0.25) is 0 Å². The van der Waals surface area contributed by atoms with Gasteiger partial charge in [-0.3, -0.25) is 4.34 Å². The molecule has 0 saturated heterocycles. The molecule has 0 fully saturated rings.